The first kappa shape index (κ1) is 14.2. The van der Waals surface area contributed by atoms with Gasteiger partial charge in [0.15, 0.2) is 11.5 Å². The summed E-state index contributed by atoms with van der Waals surface area (Å²) in [6, 6.07) is 13.5. The summed E-state index contributed by atoms with van der Waals surface area (Å²) in [6.07, 6.45) is 1.54. The van der Waals surface area contributed by atoms with Crippen molar-refractivity contribution in [2.24, 2.45) is 0 Å². The lowest BCUT2D eigenvalue weighted by molar-refractivity contribution is 0.104. The highest BCUT2D eigenvalue weighted by Crippen LogP contribution is 2.28. The van der Waals surface area contributed by atoms with E-state index in [1.165, 1.54) is 13.2 Å². The number of carbonyl (C=O) groups excluding carboxylic acids is 1. The van der Waals surface area contributed by atoms with Gasteiger partial charge in [-0.15, -0.1) is 0 Å². The number of allylic oxidation sites excluding steroid dienone is 1. The van der Waals surface area contributed by atoms with Crippen LogP contribution >= 0.6 is 11.6 Å². The van der Waals surface area contributed by atoms with E-state index in [9.17, 15) is 9.90 Å². The molecule has 102 valence electrons. The lowest BCUT2D eigenvalue weighted by atomic mass is 10.1. The van der Waals surface area contributed by atoms with Crippen molar-refractivity contribution in [3.05, 3.63) is 64.7 Å². The first-order chi connectivity index (χ1) is 9.61. The van der Waals surface area contributed by atoms with Crippen molar-refractivity contribution in [3.63, 3.8) is 0 Å². The number of carbonyl (C=O) groups is 1. The predicted octanol–water partition coefficient (Wildman–Crippen LogP) is 3.86. The van der Waals surface area contributed by atoms with E-state index in [1.807, 2.05) is 6.07 Å². The minimum absolute atomic E-state index is 0.0372. The Morgan fingerprint density at radius 2 is 1.90 bits per heavy atom. The number of rotatable bonds is 4. The van der Waals surface area contributed by atoms with Crippen LogP contribution in [-0.4, -0.2) is 18.0 Å². The molecule has 0 heterocycles. The van der Waals surface area contributed by atoms with Gasteiger partial charge in [0, 0.05) is 5.56 Å². The van der Waals surface area contributed by atoms with Crippen LogP contribution in [0.4, 0.5) is 0 Å². The Bertz CT molecular complexity index is 648. The molecule has 0 fully saturated rings. The molecular formula is C16H13ClO3. The number of phenols is 1. The zero-order valence-corrected chi connectivity index (χ0v) is 11.6. The van der Waals surface area contributed by atoms with E-state index in [2.05, 4.69) is 0 Å². The van der Waals surface area contributed by atoms with E-state index in [0.29, 0.717) is 16.9 Å². The molecule has 0 saturated heterocycles. The van der Waals surface area contributed by atoms with E-state index >= 15 is 0 Å². The molecule has 0 radical (unpaired) electrons. The summed E-state index contributed by atoms with van der Waals surface area (Å²) in [6.45, 7) is 0. The Kier molecular flexibility index (Phi) is 4.43. The van der Waals surface area contributed by atoms with Crippen molar-refractivity contribution in [3.8, 4) is 11.5 Å². The number of phenolic OH excluding ortho intramolecular Hbond substituents is 1. The number of benzene rings is 2. The van der Waals surface area contributed by atoms with Crippen molar-refractivity contribution in [2.45, 2.75) is 0 Å². The monoisotopic (exact) mass is 288 g/mol. The summed E-state index contributed by atoms with van der Waals surface area (Å²) < 4.78 is 5.01. The van der Waals surface area contributed by atoms with Gasteiger partial charge >= 0.3 is 0 Å². The van der Waals surface area contributed by atoms with Gasteiger partial charge in [0.25, 0.3) is 0 Å². The Balaban J connectivity index is 2.29. The quantitative estimate of drug-likeness (QED) is 0.686. The molecule has 0 spiro atoms. The maximum Gasteiger partial charge on any atom is 0.204 e. The van der Waals surface area contributed by atoms with Crippen LogP contribution in [0, 0.1) is 0 Å². The summed E-state index contributed by atoms with van der Waals surface area (Å²) >= 11 is 6.04. The van der Waals surface area contributed by atoms with Gasteiger partial charge in [-0.1, -0.05) is 48.0 Å². The fraction of sp³-hybridized carbons (Fsp3) is 0.0625. The average molecular weight is 289 g/mol. The third-order valence-electron chi connectivity index (χ3n) is 2.75. The number of ether oxygens (including phenoxy) is 1. The molecule has 3 nitrogen and oxygen atoms in total. The minimum atomic E-state index is -0.251. The summed E-state index contributed by atoms with van der Waals surface area (Å²) in [5.74, 6) is 0.116. The van der Waals surface area contributed by atoms with Gasteiger partial charge in [0.1, 0.15) is 0 Å². The zero-order chi connectivity index (χ0) is 14.5. The molecule has 0 aliphatic carbocycles. The summed E-state index contributed by atoms with van der Waals surface area (Å²) in [4.78, 5) is 12.1. The smallest absolute Gasteiger partial charge is 0.204 e. The Hall–Kier alpha value is -2.26. The van der Waals surface area contributed by atoms with Gasteiger partial charge in [-0.2, -0.15) is 0 Å². The lowest BCUT2D eigenvalue weighted by Crippen LogP contribution is -1.98. The van der Waals surface area contributed by atoms with Gasteiger partial charge < -0.3 is 9.84 Å². The van der Waals surface area contributed by atoms with Crippen molar-refractivity contribution >= 4 is 23.5 Å². The van der Waals surface area contributed by atoms with Gasteiger partial charge in [-0.05, 0) is 23.8 Å². The largest absolute Gasteiger partial charge is 0.504 e. The average Bonchev–Trinajstić information content (AvgIpc) is 2.49. The molecule has 0 aromatic heterocycles. The number of ketones is 1. The zero-order valence-electron chi connectivity index (χ0n) is 10.8. The third-order valence-corrected chi connectivity index (χ3v) is 3.03. The second-order valence-corrected chi connectivity index (χ2v) is 4.53. The third kappa shape index (κ3) is 3.19. The molecule has 2 aromatic rings. The van der Waals surface area contributed by atoms with Crippen LogP contribution in [0.1, 0.15) is 15.9 Å². The SMILES string of the molecule is COc1cc(/C=C(/Cl)C(=O)c2ccccc2)ccc1O. The van der Waals surface area contributed by atoms with E-state index in [1.54, 1.807) is 42.5 Å². The molecule has 0 saturated carbocycles. The van der Waals surface area contributed by atoms with Gasteiger partial charge in [-0.25, -0.2) is 0 Å². The van der Waals surface area contributed by atoms with Crippen LogP contribution in [0.25, 0.3) is 6.08 Å². The maximum absolute atomic E-state index is 12.1. The highest BCUT2D eigenvalue weighted by atomic mass is 35.5. The molecule has 0 aliphatic rings. The first-order valence-electron chi connectivity index (χ1n) is 5.96. The number of Topliss-reactive ketones (excluding diaryl/α,β-unsaturated/α-hetero) is 1. The number of aromatic hydroxyl groups is 1. The first-order valence-corrected chi connectivity index (χ1v) is 6.33. The second-order valence-electron chi connectivity index (χ2n) is 4.12. The Morgan fingerprint density at radius 3 is 2.55 bits per heavy atom. The van der Waals surface area contributed by atoms with Gasteiger partial charge in [-0.3, -0.25) is 4.79 Å². The fourth-order valence-electron chi connectivity index (χ4n) is 1.72. The van der Waals surface area contributed by atoms with E-state index in [0.717, 1.165) is 0 Å². The minimum Gasteiger partial charge on any atom is -0.504 e. The molecule has 4 heteroatoms. The number of halogens is 1. The second kappa shape index (κ2) is 6.26. The van der Waals surface area contributed by atoms with Crippen LogP contribution < -0.4 is 4.74 Å². The molecule has 2 rings (SSSR count). The van der Waals surface area contributed by atoms with Crippen LogP contribution in [-0.2, 0) is 0 Å². The predicted molar refractivity (Wildman–Crippen MR) is 79.3 cm³/mol. The molecule has 2 aromatic carbocycles. The van der Waals surface area contributed by atoms with Crippen LogP contribution in [0.5, 0.6) is 11.5 Å². The van der Waals surface area contributed by atoms with E-state index in [4.69, 9.17) is 16.3 Å². The number of hydrogen-bond acceptors (Lipinski definition) is 3. The Morgan fingerprint density at radius 1 is 1.20 bits per heavy atom. The molecule has 20 heavy (non-hydrogen) atoms. The normalized spacial score (nSPS) is 11.2. The number of methoxy groups -OCH3 is 1. The fourth-order valence-corrected chi connectivity index (χ4v) is 1.96. The topological polar surface area (TPSA) is 46.5 Å². The number of hydrogen-bond donors (Lipinski definition) is 1. The summed E-state index contributed by atoms with van der Waals surface area (Å²) in [5.41, 5.74) is 1.20. The molecule has 1 N–H and O–H groups in total. The van der Waals surface area contributed by atoms with Crippen LogP contribution in [0.2, 0.25) is 0 Å². The Labute approximate surface area is 122 Å². The van der Waals surface area contributed by atoms with Gasteiger partial charge in [0.05, 0.1) is 12.1 Å². The van der Waals surface area contributed by atoms with Crippen molar-refractivity contribution in [2.75, 3.05) is 7.11 Å². The van der Waals surface area contributed by atoms with Gasteiger partial charge in [0.2, 0.25) is 5.78 Å². The molecule has 0 bridgehead atoms. The van der Waals surface area contributed by atoms with E-state index in [-0.39, 0.29) is 16.6 Å². The molecular weight excluding hydrogens is 276 g/mol. The van der Waals surface area contributed by atoms with Crippen molar-refractivity contribution < 1.29 is 14.6 Å². The lowest BCUT2D eigenvalue weighted by Gasteiger charge is -2.04. The molecule has 0 unspecified atom stereocenters. The van der Waals surface area contributed by atoms with Crippen LogP contribution in [0.3, 0.4) is 0 Å². The molecule has 0 atom stereocenters. The maximum atomic E-state index is 12.1. The van der Waals surface area contributed by atoms with Crippen molar-refractivity contribution in [1.29, 1.82) is 0 Å². The summed E-state index contributed by atoms with van der Waals surface area (Å²) in [5, 5.41) is 9.61. The molecule has 0 amide bonds. The van der Waals surface area contributed by atoms with E-state index < -0.39 is 0 Å². The van der Waals surface area contributed by atoms with Crippen molar-refractivity contribution in [1.82, 2.24) is 0 Å². The van der Waals surface area contributed by atoms with Crippen LogP contribution in [0.15, 0.2) is 53.6 Å². The standard InChI is InChI=1S/C16H13ClO3/c1-20-15-10-11(7-8-14(15)18)9-13(17)16(19)12-5-3-2-4-6-12/h2-10,18H,1H3/b13-9+. The molecule has 0 aliphatic heterocycles. The summed E-state index contributed by atoms with van der Waals surface area (Å²) in [7, 11) is 1.46. The highest BCUT2D eigenvalue weighted by Gasteiger charge is 2.10. The highest BCUT2D eigenvalue weighted by molar-refractivity contribution is 6.47.